The van der Waals surface area contributed by atoms with Crippen molar-refractivity contribution < 1.29 is 19.2 Å². The maximum absolute atomic E-state index is 13.0. The number of carbonyl (C=O) groups excluding carboxylic acids is 2. The molecule has 3 aromatic rings. The Balaban J connectivity index is 1.48. The number of rotatable bonds is 8. The zero-order chi connectivity index (χ0) is 24.1. The number of likely N-dealkylation sites (tertiary alicyclic amines) is 1. The first-order valence-corrected chi connectivity index (χ1v) is 11.1. The number of nitrogens with zero attached hydrogens (tertiary/aromatic N) is 2. The van der Waals surface area contributed by atoms with Crippen molar-refractivity contribution in [3.05, 3.63) is 99.1 Å². The minimum atomic E-state index is -0.572. The Morgan fingerprint density at radius 3 is 2.50 bits per heavy atom. The first-order chi connectivity index (χ1) is 16.4. The first-order valence-electron chi connectivity index (χ1n) is 10.8. The first kappa shape index (κ1) is 23.3. The fraction of sp³-hybridized carbons (Fsp3) is 0.200. The fourth-order valence-electron chi connectivity index (χ4n) is 3.80. The van der Waals surface area contributed by atoms with Crippen molar-refractivity contribution in [2.75, 3.05) is 13.1 Å². The average molecular weight is 480 g/mol. The third kappa shape index (κ3) is 5.52. The van der Waals surface area contributed by atoms with Crippen LogP contribution in [0.3, 0.4) is 0 Å². The van der Waals surface area contributed by atoms with Gasteiger partial charge >= 0.3 is 5.69 Å². The van der Waals surface area contributed by atoms with Gasteiger partial charge in [0.2, 0.25) is 11.7 Å². The van der Waals surface area contributed by atoms with Crippen LogP contribution in [0.4, 0.5) is 5.69 Å². The Morgan fingerprint density at radius 2 is 1.85 bits per heavy atom. The number of ether oxygens (including phenoxy) is 1. The van der Waals surface area contributed by atoms with Crippen LogP contribution in [0.25, 0.3) is 0 Å². The maximum atomic E-state index is 13.0. The molecular weight excluding hydrogens is 458 g/mol. The highest BCUT2D eigenvalue weighted by Gasteiger charge is 2.25. The van der Waals surface area contributed by atoms with Gasteiger partial charge in [-0.1, -0.05) is 41.9 Å². The van der Waals surface area contributed by atoms with Crippen molar-refractivity contribution >= 4 is 29.1 Å². The molecule has 1 heterocycles. The van der Waals surface area contributed by atoms with E-state index in [4.69, 9.17) is 16.3 Å². The fourth-order valence-corrected chi connectivity index (χ4v) is 3.97. The van der Waals surface area contributed by atoms with Gasteiger partial charge in [0.1, 0.15) is 5.75 Å². The van der Waals surface area contributed by atoms with Gasteiger partial charge in [-0.25, -0.2) is 0 Å². The predicted octanol–water partition coefficient (Wildman–Crippen LogP) is 5.13. The van der Waals surface area contributed by atoms with E-state index in [-0.39, 0.29) is 34.3 Å². The van der Waals surface area contributed by atoms with Gasteiger partial charge in [-0.2, -0.15) is 0 Å². The summed E-state index contributed by atoms with van der Waals surface area (Å²) in [5, 5.41) is 14.5. The molecular formula is C25H22ClN3O5. The van der Waals surface area contributed by atoms with Crippen molar-refractivity contribution in [1.29, 1.82) is 0 Å². The number of nitro groups is 1. The highest BCUT2D eigenvalue weighted by atomic mass is 35.5. The van der Waals surface area contributed by atoms with Crippen molar-refractivity contribution in [3.63, 3.8) is 0 Å². The van der Waals surface area contributed by atoms with E-state index in [1.807, 2.05) is 30.3 Å². The zero-order valence-electron chi connectivity index (χ0n) is 18.1. The predicted molar refractivity (Wildman–Crippen MR) is 127 cm³/mol. The largest absolute Gasteiger partial charge is 0.450 e. The van der Waals surface area contributed by atoms with E-state index in [0.717, 1.165) is 12.0 Å². The molecule has 34 heavy (non-hydrogen) atoms. The van der Waals surface area contributed by atoms with Crippen molar-refractivity contribution in [2.45, 2.75) is 18.9 Å². The SMILES string of the molecule is O=C(NC(CN1CCCC1=O)c1ccccc1)c1ccc(Oc2ccc(Cl)cc2[N+](=O)[O-])cc1. The number of nitrogens with one attached hydrogen (secondary N) is 1. The number of halogens is 1. The van der Waals surface area contributed by atoms with Crippen molar-refractivity contribution in [3.8, 4) is 11.5 Å². The molecule has 0 aliphatic carbocycles. The van der Waals surface area contributed by atoms with Gasteiger partial charge in [-0.15, -0.1) is 0 Å². The van der Waals surface area contributed by atoms with Crippen molar-refractivity contribution in [2.24, 2.45) is 0 Å². The molecule has 2 amide bonds. The number of nitro benzene ring substituents is 1. The molecule has 0 aromatic heterocycles. The molecule has 1 aliphatic heterocycles. The van der Waals surface area contributed by atoms with Crippen LogP contribution < -0.4 is 10.1 Å². The Morgan fingerprint density at radius 1 is 1.12 bits per heavy atom. The van der Waals surface area contributed by atoms with E-state index < -0.39 is 4.92 Å². The lowest BCUT2D eigenvalue weighted by molar-refractivity contribution is -0.385. The summed E-state index contributed by atoms with van der Waals surface area (Å²) >= 11 is 5.84. The van der Waals surface area contributed by atoms with E-state index in [2.05, 4.69) is 5.32 Å². The Labute approximate surface area is 201 Å². The van der Waals surface area contributed by atoms with Crippen LogP contribution >= 0.6 is 11.6 Å². The number of amides is 2. The number of carbonyl (C=O) groups is 2. The molecule has 4 rings (SSSR count). The summed E-state index contributed by atoms with van der Waals surface area (Å²) < 4.78 is 5.64. The topological polar surface area (TPSA) is 102 Å². The molecule has 0 saturated carbocycles. The van der Waals surface area contributed by atoms with Gasteiger partial charge in [0.05, 0.1) is 11.0 Å². The second-order valence-electron chi connectivity index (χ2n) is 7.88. The van der Waals surface area contributed by atoms with Crippen molar-refractivity contribution in [1.82, 2.24) is 10.2 Å². The molecule has 1 aliphatic rings. The molecule has 0 radical (unpaired) electrons. The molecule has 1 N–H and O–H groups in total. The lowest BCUT2D eigenvalue weighted by atomic mass is 10.1. The minimum Gasteiger partial charge on any atom is -0.450 e. The lowest BCUT2D eigenvalue weighted by Crippen LogP contribution is -2.38. The van der Waals surface area contributed by atoms with Crippen LogP contribution in [0, 0.1) is 10.1 Å². The van der Waals surface area contributed by atoms with Gasteiger partial charge < -0.3 is 15.0 Å². The maximum Gasteiger partial charge on any atom is 0.313 e. The number of hydrogen-bond acceptors (Lipinski definition) is 5. The van der Waals surface area contributed by atoms with Gasteiger partial charge in [0.25, 0.3) is 5.91 Å². The second kappa shape index (κ2) is 10.4. The van der Waals surface area contributed by atoms with E-state index in [1.165, 1.54) is 18.2 Å². The summed E-state index contributed by atoms with van der Waals surface area (Å²) in [6, 6.07) is 19.6. The van der Waals surface area contributed by atoms with Gasteiger partial charge in [0.15, 0.2) is 0 Å². The van der Waals surface area contributed by atoms with Crippen LogP contribution in [0.15, 0.2) is 72.8 Å². The highest BCUT2D eigenvalue weighted by molar-refractivity contribution is 6.30. The van der Waals surface area contributed by atoms with Crippen LogP contribution in [0.2, 0.25) is 5.02 Å². The van der Waals surface area contributed by atoms with E-state index in [0.29, 0.717) is 30.8 Å². The summed E-state index contributed by atoms with van der Waals surface area (Å²) in [5.74, 6) is 0.174. The summed E-state index contributed by atoms with van der Waals surface area (Å²) in [5.41, 5.74) is 1.05. The smallest absolute Gasteiger partial charge is 0.313 e. The van der Waals surface area contributed by atoms with Gasteiger partial charge in [0, 0.05) is 36.2 Å². The summed E-state index contributed by atoms with van der Waals surface area (Å²) in [4.78, 5) is 37.6. The Hall–Kier alpha value is -3.91. The zero-order valence-corrected chi connectivity index (χ0v) is 18.9. The average Bonchev–Trinajstić information content (AvgIpc) is 3.25. The quantitative estimate of drug-likeness (QED) is 0.356. The van der Waals surface area contributed by atoms with Crippen LogP contribution in [0.5, 0.6) is 11.5 Å². The molecule has 1 saturated heterocycles. The normalized spacial score (nSPS) is 14.0. The van der Waals surface area contributed by atoms with Crippen LogP contribution in [0.1, 0.15) is 34.8 Å². The third-order valence-corrected chi connectivity index (χ3v) is 5.78. The third-order valence-electron chi connectivity index (χ3n) is 5.54. The molecule has 9 heteroatoms. The second-order valence-corrected chi connectivity index (χ2v) is 8.31. The summed E-state index contributed by atoms with van der Waals surface area (Å²) in [6.07, 6.45) is 1.35. The molecule has 3 aromatic carbocycles. The van der Waals surface area contributed by atoms with E-state index in [1.54, 1.807) is 29.2 Å². The Bertz CT molecular complexity index is 1200. The number of hydrogen-bond donors (Lipinski definition) is 1. The molecule has 8 nitrogen and oxygen atoms in total. The minimum absolute atomic E-state index is 0.0472. The standard InChI is InChI=1S/C25H22ClN3O5/c26-19-10-13-23(22(15-19)29(32)33)34-20-11-8-18(9-12-20)25(31)27-21(17-5-2-1-3-6-17)16-28-14-4-7-24(28)30/h1-3,5-6,8-13,15,21H,4,7,14,16H2,(H,27,31). The Kier molecular flexibility index (Phi) is 7.08. The molecule has 1 atom stereocenters. The number of benzene rings is 3. The molecule has 1 unspecified atom stereocenters. The molecule has 0 spiro atoms. The van der Waals surface area contributed by atoms with Gasteiger partial charge in [-0.05, 0) is 48.4 Å². The molecule has 1 fully saturated rings. The van der Waals surface area contributed by atoms with Crippen LogP contribution in [-0.4, -0.2) is 34.7 Å². The monoisotopic (exact) mass is 479 g/mol. The lowest BCUT2D eigenvalue weighted by Gasteiger charge is -2.25. The van der Waals surface area contributed by atoms with E-state index >= 15 is 0 Å². The van der Waals surface area contributed by atoms with E-state index in [9.17, 15) is 19.7 Å². The summed E-state index contributed by atoms with van der Waals surface area (Å²) in [7, 11) is 0. The highest BCUT2D eigenvalue weighted by Crippen LogP contribution is 2.33. The van der Waals surface area contributed by atoms with Gasteiger partial charge in [-0.3, -0.25) is 19.7 Å². The molecule has 174 valence electrons. The summed E-state index contributed by atoms with van der Waals surface area (Å²) in [6.45, 7) is 1.08. The molecule has 0 bridgehead atoms. The van der Waals surface area contributed by atoms with Crippen LogP contribution in [-0.2, 0) is 4.79 Å².